The van der Waals surface area contributed by atoms with Gasteiger partial charge in [0.1, 0.15) is 0 Å². The van der Waals surface area contributed by atoms with Crippen molar-refractivity contribution in [3.8, 4) is 0 Å². The fourth-order valence-electron chi connectivity index (χ4n) is 6.27. The van der Waals surface area contributed by atoms with Gasteiger partial charge in [-0.15, -0.1) is 12.4 Å². The van der Waals surface area contributed by atoms with Gasteiger partial charge in [0.2, 0.25) is 5.91 Å². The fraction of sp³-hybridized carbons (Fsp3) is 0.921. The molecule has 9 heteroatoms. The Kier molecular flexibility index (Phi) is 30.5. The molecule has 0 heterocycles. The van der Waals surface area contributed by atoms with Crippen molar-refractivity contribution in [2.75, 3.05) is 6.54 Å². The van der Waals surface area contributed by atoms with E-state index in [1.165, 1.54) is 104 Å². The molecule has 0 rings (SSSR count). The second-order valence-electron chi connectivity index (χ2n) is 14.0. The molecule has 6 N–H and O–H groups in total. The van der Waals surface area contributed by atoms with Crippen LogP contribution in [0.25, 0.3) is 0 Å². The molecular weight excluding hydrogens is 614 g/mol. The summed E-state index contributed by atoms with van der Waals surface area (Å²) >= 11 is 0. The summed E-state index contributed by atoms with van der Waals surface area (Å²) in [5.74, 6) is -1.98. The minimum atomic E-state index is -2.36. The van der Waals surface area contributed by atoms with Gasteiger partial charge < -0.3 is 21.7 Å². The van der Waals surface area contributed by atoms with E-state index in [0.29, 0.717) is 37.1 Å². The number of carbonyl (C=O) groups is 3. The summed E-state index contributed by atoms with van der Waals surface area (Å²) < 4.78 is 0. The molecule has 0 aliphatic rings. The van der Waals surface area contributed by atoms with Crippen molar-refractivity contribution in [3.63, 3.8) is 0 Å². The molecule has 0 aliphatic carbocycles. The number of amides is 1. The molecule has 0 aromatic heterocycles. The van der Waals surface area contributed by atoms with Crippen LogP contribution in [-0.4, -0.2) is 56.6 Å². The van der Waals surface area contributed by atoms with Crippen LogP contribution < -0.4 is 11.5 Å². The molecule has 2 unspecified atom stereocenters. The smallest absolute Gasteiger partial charge is 0.244 e. The average Bonchev–Trinajstić information content (AvgIpc) is 3.01. The van der Waals surface area contributed by atoms with Crippen LogP contribution in [0.15, 0.2) is 0 Å². The van der Waals surface area contributed by atoms with Crippen LogP contribution >= 0.6 is 12.4 Å². The topological polar surface area (TPSA) is 147 Å². The zero-order valence-corrected chi connectivity index (χ0v) is 31.8. The Morgan fingerprint density at radius 3 is 1.15 bits per heavy atom. The number of nitrogens with two attached hydrogens (primary N) is 2. The van der Waals surface area contributed by atoms with Crippen molar-refractivity contribution < 1.29 is 24.6 Å². The van der Waals surface area contributed by atoms with Crippen LogP contribution in [0, 0.1) is 0 Å². The van der Waals surface area contributed by atoms with E-state index in [0.717, 1.165) is 38.5 Å². The van der Waals surface area contributed by atoms with Crippen molar-refractivity contribution in [3.05, 3.63) is 0 Å². The number of unbranched alkanes of at least 4 members (excludes halogenated alkanes) is 21. The number of hydrogen-bond donors (Lipinski definition) is 4. The molecule has 0 aliphatic heterocycles. The molecule has 47 heavy (non-hydrogen) atoms. The molecule has 0 saturated heterocycles. The first-order valence-corrected chi connectivity index (χ1v) is 19.3. The molecule has 3 atom stereocenters. The Labute approximate surface area is 295 Å². The highest BCUT2D eigenvalue weighted by atomic mass is 35.5. The largest absolute Gasteiger partial charge is 0.365 e. The summed E-state index contributed by atoms with van der Waals surface area (Å²) in [6, 6.07) is -1.07. The Morgan fingerprint density at radius 1 is 0.553 bits per heavy atom. The number of hydrogen-bond acceptors (Lipinski definition) is 7. The van der Waals surface area contributed by atoms with E-state index in [-0.39, 0.29) is 31.7 Å². The third-order valence-electron chi connectivity index (χ3n) is 9.45. The van der Waals surface area contributed by atoms with E-state index in [2.05, 4.69) is 13.8 Å². The third kappa shape index (κ3) is 21.6. The SMILES string of the molecule is CCCCCCCCCCCCCC(=O)C(C)(O)N(C(=O)[C@@H](N)CCCCN)C(C)(O)C(=O)CCCCCCCCCCCCC.Cl. The van der Waals surface area contributed by atoms with Crippen LogP contribution in [0.1, 0.15) is 201 Å². The van der Waals surface area contributed by atoms with E-state index in [4.69, 9.17) is 11.5 Å². The average molecular weight is 690 g/mol. The molecule has 0 spiro atoms. The van der Waals surface area contributed by atoms with Crippen LogP contribution in [0.3, 0.4) is 0 Å². The van der Waals surface area contributed by atoms with E-state index in [9.17, 15) is 24.6 Å². The van der Waals surface area contributed by atoms with Crippen molar-refractivity contribution in [1.29, 1.82) is 0 Å². The minimum absolute atomic E-state index is 0. The predicted molar refractivity (Wildman–Crippen MR) is 198 cm³/mol. The maximum Gasteiger partial charge on any atom is 0.244 e. The van der Waals surface area contributed by atoms with Crippen molar-refractivity contribution >= 4 is 29.9 Å². The van der Waals surface area contributed by atoms with Gasteiger partial charge in [-0.3, -0.25) is 19.3 Å². The normalized spacial score (nSPS) is 14.6. The lowest BCUT2D eigenvalue weighted by atomic mass is 9.93. The number of rotatable bonds is 33. The summed E-state index contributed by atoms with van der Waals surface area (Å²) in [4.78, 5) is 41.0. The van der Waals surface area contributed by atoms with Crippen LogP contribution in [0.4, 0.5) is 0 Å². The second-order valence-corrected chi connectivity index (χ2v) is 14.0. The van der Waals surface area contributed by atoms with Gasteiger partial charge in [0.25, 0.3) is 0 Å². The van der Waals surface area contributed by atoms with Gasteiger partial charge in [-0.05, 0) is 46.1 Å². The van der Waals surface area contributed by atoms with Crippen LogP contribution in [-0.2, 0) is 14.4 Å². The highest BCUT2D eigenvalue weighted by Crippen LogP contribution is 2.29. The molecule has 0 bridgehead atoms. The fourth-order valence-corrected chi connectivity index (χ4v) is 6.27. The molecule has 0 aromatic rings. The summed E-state index contributed by atoms with van der Waals surface area (Å²) in [5.41, 5.74) is 7.07. The number of carbonyl (C=O) groups excluding carboxylic acids is 3. The van der Waals surface area contributed by atoms with Crippen LogP contribution in [0.5, 0.6) is 0 Å². The minimum Gasteiger partial charge on any atom is -0.365 e. The number of aliphatic hydroxyl groups is 2. The highest BCUT2D eigenvalue weighted by molar-refractivity contribution is 5.97. The van der Waals surface area contributed by atoms with Crippen molar-refractivity contribution in [1.82, 2.24) is 4.90 Å². The molecule has 1 amide bonds. The lowest BCUT2D eigenvalue weighted by Gasteiger charge is -2.45. The second kappa shape index (κ2) is 29.8. The van der Waals surface area contributed by atoms with Crippen molar-refractivity contribution in [2.24, 2.45) is 11.5 Å². The Bertz CT molecular complexity index is 743. The Hall–Kier alpha value is -1.06. The molecule has 0 fully saturated rings. The van der Waals surface area contributed by atoms with E-state index in [1.54, 1.807) is 0 Å². The molecule has 0 saturated carbocycles. The first-order chi connectivity index (χ1) is 22.0. The molecule has 280 valence electrons. The van der Waals surface area contributed by atoms with Gasteiger partial charge in [-0.1, -0.05) is 149 Å². The van der Waals surface area contributed by atoms with Gasteiger partial charge in [0.15, 0.2) is 23.0 Å². The zero-order chi connectivity index (χ0) is 34.7. The number of Topliss-reactive ketones (excluding diaryl/α,β-unsaturated/α-hetero) is 2. The van der Waals surface area contributed by atoms with E-state index in [1.807, 2.05) is 0 Å². The van der Waals surface area contributed by atoms with Crippen LogP contribution in [0.2, 0.25) is 0 Å². The number of nitrogens with zero attached hydrogens (tertiary/aromatic N) is 1. The monoisotopic (exact) mass is 690 g/mol. The van der Waals surface area contributed by atoms with Gasteiger partial charge in [0, 0.05) is 12.8 Å². The first kappa shape index (κ1) is 48.1. The summed E-state index contributed by atoms with van der Waals surface area (Å²) in [6.07, 6.45) is 26.5. The van der Waals surface area contributed by atoms with Gasteiger partial charge in [0.05, 0.1) is 6.04 Å². The lowest BCUT2D eigenvalue weighted by Crippen LogP contribution is -2.69. The van der Waals surface area contributed by atoms with E-state index >= 15 is 0 Å². The third-order valence-corrected chi connectivity index (χ3v) is 9.45. The maximum atomic E-state index is 13.6. The van der Waals surface area contributed by atoms with Gasteiger partial charge in [-0.2, -0.15) is 0 Å². The summed E-state index contributed by atoms with van der Waals surface area (Å²) in [5, 5.41) is 23.0. The number of ketones is 2. The van der Waals surface area contributed by atoms with Gasteiger partial charge in [-0.25, -0.2) is 0 Å². The lowest BCUT2D eigenvalue weighted by molar-refractivity contribution is -0.216. The van der Waals surface area contributed by atoms with Gasteiger partial charge >= 0.3 is 0 Å². The molecule has 0 aromatic carbocycles. The summed E-state index contributed by atoms with van der Waals surface area (Å²) in [6.45, 7) is 7.32. The molecule has 8 nitrogen and oxygen atoms in total. The van der Waals surface area contributed by atoms with Crippen molar-refractivity contribution in [2.45, 2.75) is 219 Å². The number of halogens is 1. The standard InChI is InChI=1S/C38H75N3O5.ClH/c1-5-7-9-11-13-15-17-19-21-23-25-30-34(42)37(3,45)41(36(44)33(40)29-27-28-32-39)38(4,46)35(43)31-26-24-22-20-18-16-14-12-10-8-6-2;/h33,45-46H,5-32,39-40H2,1-4H3;1H/t33-,37?,38?;/m0./s1. The Morgan fingerprint density at radius 2 is 0.851 bits per heavy atom. The Balaban J connectivity index is 0. The van der Waals surface area contributed by atoms with E-state index < -0.39 is 35.0 Å². The highest BCUT2D eigenvalue weighted by Gasteiger charge is 2.52. The first-order valence-electron chi connectivity index (χ1n) is 19.3. The molecule has 0 radical (unpaired) electrons. The predicted octanol–water partition coefficient (Wildman–Crippen LogP) is 8.65. The molecular formula is C38H76ClN3O5. The zero-order valence-electron chi connectivity index (χ0n) is 31.0. The maximum absolute atomic E-state index is 13.6. The quantitative estimate of drug-likeness (QED) is 0.0398. The summed E-state index contributed by atoms with van der Waals surface area (Å²) in [7, 11) is 0.